The van der Waals surface area contributed by atoms with Crippen LogP contribution in [-0.4, -0.2) is 0 Å². The van der Waals surface area contributed by atoms with Gasteiger partial charge in [-0.3, -0.25) is 0 Å². The maximum absolute atomic E-state index is 6.91. The number of para-hydroxylation sites is 6. The first kappa shape index (κ1) is 30.9. The van der Waals surface area contributed by atoms with Gasteiger partial charge in [0.25, 0.3) is 0 Å². The van der Waals surface area contributed by atoms with Crippen LogP contribution in [0.4, 0.5) is 34.1 Å². The van der Waals surface area contributed by atoms with Gasteiger partial charge in [0, 0.05) is 76.6 Å². The number of benzene rings is 10. The van der Waals surface area contributed by atoms with Crippen molar-refractivity contribution >= 4 is 110 Å². The van der Waals surface area contributed by atoms with Crippen molar-refractivity contribution in [1.29, 1.82) is 0 Å². The van der Waals surface area contributed by atoms with E-state index < -0.39 is 0 Å². The van der Waals surface area contributed by atoms with Crippen LogP contribution in [0.1, 0.15) is 0 Å². The molecule has 0 aliphatic rings. The third-order valence-electron chi connectivity index (χ3n) is 11.3. The second kappa shape index (κ2) is 12.0. The summed E-state index contributed by atoms with van der Waals surface area (Å²) in [4.78, 5) is 4.76. The average Bonchev–Trinajstić information content (AvgIpc) is 3.83. The van der Waals surface area contributed by atoms with E-state index in [1.165, 1.54) is 0 Å². The molecule has 2 aromatic heterocycles. The summed E-state index contributed by atoms with van der Waals surface area (Å²) >= 11 is 0. The van der Waals surface area contributed by atoms with Crippen molar-refractivity contribution in [3.63, 3.8) is 0 Å². The quantitative estimate of drug-likeness (QED) is 0.160. The molecule has 0 spiro atoms. The molecule has 56 heavy (non-hydrogen) atoms. The maximum Gasteiger partial charge on any atom is 0.143 e. The standard InChI is InChI=1S/C52H32N2O2/c1-5-17-33(18-6-1)53(34-19-7-2-8-20-34)45-31-43-50-42(30-40-38-26-14-16-28-48(38)55-51(40)43)46(54(35-21-9-3-10-22-35)36-23-11-4-12-24-36)32-44-49(50)41(45)29-39-37-25-13-15-27-47(37)56-52(39)44/h1-32H. The molecule has 12 rings (SSSR count). The summed E-state index contributed by atoms with van der Waals surface area (Å²) in [7, 11) is 0. The van der Waals surface area contributed by atoms with Gasteiger partial charge in [-0.15, -0.1) is 0 Å². The van der Waals surface area contributed by atoms with Gasteiger partial charge in [0.05, 0.1) is 11.4 Å². The topological polar surface area (TPSA) is 32.8 Å². The number of furan rings is 2. The largest absolute Gasteiger partial charge is 0.455 e. The van der Waals surface area contributed by atoms with Crippen LogP contribution in [0.3, 0.4) is 0 Å². The second-order valence-electron chi connectivity index (χ2n) is 14.4. The van der Waals surface area contributed by atoms with Gasteiger partial charge in [-0.1, -0.05) is 109 Å². The lowest BCUT2D eigenvalue weighted by Crippen LogP contribution is -2.12. The first-order valence-corrected chi connectivity index (χ1v) is 19.0. The molecule has 0 aliphatic carbocycles. The first-order valence-electron chi connectivity index (χ1n) is 19.0. The van der Waals surface area contributed by atoms with E-state index in [1.807, 2.05) is 12.1 Å². The number of hydrogen-bond acceptors (Lipinski definition) is 4. The number of fused-ring (bicyclic) bond motifs is 8. The van der Waals surface area contributed by atoms with Crippen molar-refractivity contribution in [2.24, 2.45) is 0 Å². The van der Waals surface area contributed by atoms with Gasteiger partial charge in [0.15, 0.2) is 0 Å². The summed E-state index contributed by atoms with van der Waals surface area (Å²) in [6.07, 6.45) is 0. The van der Waals surface area contributed by atoms with Crippen LogP contribution in [0.25, 0.3) is 76.2 Å². The molecule has 0 aliphatic heterocycles. The van der Waals surface area contributed by atoms with E-state index >= 15 is 0 Å². The molecule has 0 unspecified atom stereocenters. The van der Waals surface area contributed by atoms with Crippen molar-refractivity contribution in [2.75, 3.05) is 9.80 Å². The van der Waals surface area contributed by atoms with Gasteiger partial charge < -0.3 is 18.6 Å². The fraction of sp³-hybridized carbons (Fsp3) is 0. The van der Waals surface area contributed by atoms with Gasteiger partial charge in [-0.05, 0) is 84.9 Å². The minimum Gasteiger partial charge on any atom is -0.455 e. The predicted octanol–water partition coefficient (Wildman–Crippen LogP) is 15.3. The van der Waals surface area contributed by atoms with E-state index in [-0.39, 0.29) is 0 Å². The van der Waals surface area contributed by atoms with Crippen LogP contribution >= 0.6 is 0 Å². The highest BCUT2D eigenvalue weighted by atomic mass is 16.3. The molecular weight excluding hydrogens is 685 g/mol. The van der Waals surface area contributed by atoms with E-state index in [1.54, 1.807) is 0 Å². The predicted molar refractivity (Wildman–Crippen MR) is 234 cm³/mol. The van der Waals surface area contributed by atoms with Crippen LogP contribution in [0, 0.1) is 0 Å². The Bertz CT molecular complexity index is 3100. The van der Waals surface area contributed by atoms with Crippen molar-refractivity contribution < 1.29 is 8.83 Å². The highest BCUT2D eigenvalue weighted by Crippen LogP contribution is 2.54. The Labute approximate surface area is 322 Å². The number of nitrogens with zero attached hydrogens (tertiary/aromatic N) is 2. The molecular formula is C52H32N2O2. The summed E-state index contributed by atoms with van der Waals surface area (Å²) in [6.45, 7) is 0. The second-order valence-corrected chi connectivity index (χ2v) is 14.4. The SMILES string of the molecule is c1ccc(N(c2ccccc2)c2cc3c4oc5ccccc5c4cc4c(N(c5ccccc5)c5ccccc5)cc5c6oc7ccccc7c6cc2c5c43)cc1. The van der Waals surface area contributed by atoms with Crippen molar-refractivity contribution in [3.8, 4) is 0 Å². The molecule has 0 saturated heterocycles. The highest BCUT2D eigenvalue weighted by Gasteiger charge is 2.28. The van der Waals surface area contributed by atoms with Crippen molar-refractivity contribution in [3.05, 3.63) is 194 Å². The fourth-order valence-corrected chi connectivity index (χ4v) is 8.95. The monoisotopic (exact) mass is 716 g/mol. The zero-order chi connectivity index (χ0) is 36.7. The summed E-state index contributed by atoms with van der Waals surface area (Å²) in [6, 6.07) is 68.8. The van der Waals surface area contributed by atoms with E-state index in [9.17, 15) is 0 Å². The molecule has 4 nitrogen and oxygen atoms in total. The molecule has 0 bridgehead atoms. The Morgan fingerprint density at radius 3 is 0.946 bits per heavy atom. The van der Waals surface area contributed by atoms with Crippen LogP contribution in [-0.2, 0) is 0 Å². The maximum atomic E-state index is 6.91. The normalized spacial score (nSPS) is 11.9. The molecule has 10 aromatic carbocycles. The smallest absolute Gasteiger partial charge is 0.143 e. The Kier molecular flexibility index (Phi) is 6.60. The van der Waals surface area contributed by atoms with Crippen LogP contribution in [0.5, 0.6) is 0 Å². The highest BCUT2D eigenvalue weighted by molar-refractivity contribution is 6.38. The fourth-order valence-electron chi connectivity index (χ4n) is 8.95. The molecule has 262 valence electrons. The Morgan fingerprint density at radius 1 is 0.268 bits per heavy atom. The van der Waals surface area contributed by atoms with Gasteiger partial charge >= 0.3 is 0 Å². The van der Waals surface area contributed by atoms with Crippen molar-refractivity contribution in [1.82, 2.24) is 0 Å². The van der Waals surface area contributed by atoms with E-state index in [4.69, 9.17) is 8.83 Å². The van der Waals surface area contributed by atoms with Crippen LogP contribution in [0.15, 0.2) is 203 Å². The van der Waals surface area contributed by atoms with Gasteiger partial charge in [-0.2, -0.15) is 0 Å². The molecule has 2 heterocycles. The minimum atomic E-state index is 0.867. The van der Waals surface area contributed by atoms with Gasteiger partial charge in [0.2, 0.25) is 0 Å². The molecule has 0 fully saturated rings. The van der Waals surface area contributed by atoms with E-state index in [0.29, 0.717) is 0 Å². The van der Waals surface area contributed by atoms with Crippen LogP contribution in [0.2, 0.25) is 0 Å². The van der Waals surface area contributed by atoms with Crippen molar-refractivity contribution in [2.45, 2.75) is 0 Å². The molecule has 0 atom stereocenters. The zero-order valence-corrected chi connectivity index (χ0v) is 30.2. The van der Waals surface area contributed by atoms with E-state index in [0.717, 1.165) is 110 Å². The summed E-state index contributed by atoms with van der Waals surface area (Å²) in [5.41, 5.74) is 9.90. The lowest BCUT2D eigenvalue weighted by Gasteiger charge is -2.30. The zero-order valence-electron chi connectivity index (χ0n) is 30.2. The number of hydrogen-bond donors (Lipinski definition) is 0. The summed E-state index contributed by atoms with van der Waals surface area (Å²) in [5, 5.41) is 11.0. The lowest BCUT2D eigenvalue weighted by molar-refractivity contribution is 0.672. The van der Waals surface area contributed by atoms with E-state index in [2.05, 4.69) is 192 Å². The lowest BCUT2D eigenvalue weighted by atomic mass is 9.88. The Hall–Kier alpha value is -7.56. The Balaban J connectivity index is 1.34. The molecule has 0 N–H and O–H groups in total. The number of rotatable bonds is 6. The molecule has 0 amide bonds. The number of anilines is 6. The third-order valence-corrected chi connectivity index (χ3v) is 11.3. The molecule has 4 heteroatoms. The Morgan fingerprint density at radius 2 is 0.589 bits per heavy atom. The first-order chi connectivity index (χ1) is 27.8. The summed E-state index contributed by atoms with van der Waals surface area (Å²) in [5.74, 6) is 0. The molecule has 0 radical (unpaired) electrons. The minimum absolute atomic E-state index is 0.867. The average molecular weight is 717 g/mol. The third kappa shape index (κ3) is 4.47. The molecule has 12 aromatic rings. The molecule has 0 saturated carbocycles. The summed E-state index contributed by atoms with van der Waals surface area (Å²) < 4.78 is 13.8. The van der Waals surface area contributed by atoms with Gasteiger partial charge in [-0.25, -0.2) is 0 Å². The van der Waals surface area contributed by atoms with Crippen LogP contribution < -0.4 is 9.80 Å². The van der Waals surface area contributed by atoms with Gasteiger partial charge in [0.1, 0.15) is 22.3 Å².